The molecule has 5 nitrogen and oxygen atoms in total. The average molecular weight is 456 g/mol. The van der Waals surface area contributed by atoms with Gasteiger partial charge in [0.25, 0.3) is 0 Å². The minimum Gasteiger partial charge on any atom is -0.297 e. The van der Waals surface area contributed by atoms with Gasteiger partial charge in [-0.3, -0.25) is 4.90 Å². The maximum Gasteiger partial charge on any atom is 0.240 e. The van der Waals surface area contributed by atoms with Gasteiger partial charge in [0.2, 0.25) is 10.0 Å². The van der Waals surface area contributed by atoms with Crippen molar-refractivity contribution in [3.8, 4) is 10.6 Å². The van der Waals surface area contributed by atoms with E-state index in [2.05, 4.69) is 46.2 Å². The Hall–Kier alpha value is -2.06. The van der Waals surface area contributed by atoms with Crippen LogP contribution in [-0.4, -0.2) is 37.9 Å². The van der Waals surface area contributed by atoms with Crippen LogP contribution in [0.5, 0.6) is 0 Å². The second-order valence-corrected chi connectivity index (χ2v) is 11.0. The highest BCUT2D eigenvalue weighted by Crippen LogP contribution is 2.26. The molecule has 0 spiro atoms. The van der Waals surface area contributed by atoms with E-state index in [9.17, 15) is 8.42 Å². The molecule has 164 valence electrons. The zero-order valence-electron chi connectivity index (χ0n) is 18.0. The number of aromatic nitrogens is 1. The molecule has 1 aliphatic heterocycles. The summed E-state index contributed by atoms with van der Waals surface area (Å²) in [5.74, 6) is 0.309. The lowest BCUT2D eigenvalue weighted by atomic mass is 9.98. The van der Waals surface area contributed by atoms with Crippen LogP contribution in [0.2, 0.25) is 0 Å². The van der Waals surface area contributed by atoms with Gasteiger partial charge >= 0.3 is 0 Å². The number of likely N-dealkylation sites (tertiary alicyclic amines) is 1. The van der Waals surface area contributed by atoms with E-state index in [4.69, 9.17) is 4.98 Å². The van der Waals surface area contributed by atoms with Crippen LogP contribution in [0.1, 0.15) is 29.7 Å². The van der Waals surface area contributed by atoms with Crippen LogP contribution in [0, 0.1) is 19.8 Å². The highest BCUT2D eigenvalue weighted by atomic mass is 32.2. The third kappa shape index (κ3) is 5.80. The van der Waals surface area contributed by atoms with Crippen LogP contribution >= 0.6 is 11.3 Å². The predicted molar refractivity (Wildman–Crippen MR) is 127 cm³/mol. The Morgan fingerprint density at radius 2 is 1.74 bits per heavy atom. The maximum atomic E-state index is 12.6. The molecule has 1 unspecified atom stereocenters. The summed E-state index contributed by atoms with van der Waals surface area (Å²) < 4.78 is 28.0. The minimum atomic E-state index is -3.46. The Labute approximate surface area is 189 Å². The molecular weight excluding hydrogens is 426 g/mol. The SMILES string of the molecule is Cc1ccc(-c2nc(CN3CCCC(CNS(=O)(=O)c4ccc(C)cc4)C3)cs2)cc1. The van der Waals surface area contributed by atoms with Gasteiger partial charge in [-0.1, -0.05) is 47.5 Å². The second-order valence-electron chi connectivity index (χ2n) is 8.42. The number of hydrogen-bond donors (Lipinski definition) is 1. The quantitative estimate of drug-likeness (QED) is 0.565. The number of nitrogens with zero attached hydrogens (tertiary/aromatic N) is 2. The Morgan fingerprint density at radius 1 is 1.06 bits per heavy atom. The van der Waals surface area contributed by atoms with Crippen molar-refractivity contribution in [2.24, 2.45) is 5.92 Å². The summed E-state index contributed by atoms with van der Waals surface area (Å²) in [5, 5.41) is 3.19. The van der Waals surface area contributed by atoms with Gasteiger partial charge < -0.3 is 0 Å². The lowest BCUT2D eigenvalue weighted by molar-refractivity contribution is 0.167. The molecule has 2 heterocycles. The largest absolute Gasteiger partial charge is 0.297 e. The van der Waals surface area contributed by atoms with Crippen molar-refractivity contribution in [2.45, 2.75) is 38.1 Å². The zero-order valence-corrected chi connectivity index (χ0v) is 19.7. The van der Waals surface area contributed by atoms with Gasteiger partial charge in [-0.05, 0) is 51.3 Å². The van der Waals surface area contributed by atoms with Gasteiger partial charge in [0.1, 0.15) is 5.01 Å². The standard InChI is InChI=1S/C24H29N3O2S2/c1-18-5-9-21(10-6-18)24-26-22(17-30-24)16-27-13-3-4-20(15-27)14-25-31(28,29)23-11-7-19(2)8-12-23/h5-12,17,20,25H,3-4,13-16H2,1-2H3. The van der Waals surface area contributed by atoms with Crippen LogP contribution in [-0.2, 0) is 16.6 Å². The van der Waals surface area contributed by atoms with Gasteiger partial charge in [0, 0.05) is 30.6 Å². The molecule has 4 rings (SSSR count). The van der Waals surface area contributed by atoms with E-state index in [1.807, 2.05) is 19.1 Å². The molecule has 1 atom stereocenters. The lowest BCUT2D eigenvalue weighted by Gasteiger charge is -2.32. The topological polar surface area (TPSA) is 62.3 Å². The predicted octanol–water partition coefficient (Wildman–Crippen LogP) is 4.62. The van der Waals surface area contributed by atoms with Crippen molar-refractivity contribution < 1.29 is 8.42 Å². The Bertz CT molecular complexity index is 1110. The number of rotatable bonds is 7. The van der Waals surface area contributed by atoms with E-state index in [1.165, 1.54) is 5.56 Å². The van der Waals surface area contributed by atoms with E-state index in [0.29, 0.717) is 17.4 Å². The molecule has 31 heavy (non-hydrogen) atoms. The smallest absolute Gasteiger partial charge is 0.240 e. The van der Waals surface area contributed by atoms with Crippen LogP contribution in [0.15, 0.2) is 58.8 Å². The number of thiazole rings is 1. The number of nitrogens with one attached hydrogen (secondary N) is 1. The highest BCUT2D eigenvalue weighted by Gasteiger charge is 2.23. The monoisotopic (exact) mass is 455 g/mol. The number of hydrogen-bond acceptors (Lipinski definition) is 5. The van der Waals surface area contributed by atoms with Crippen LogP contribution < -0.4 is 4.72 Å². The van der Waals surface area contributed by atoms with Crippen molar-refractivity contribution in [2.75, 3.05) is 19.6 Å². The Kier molecular flexibility index (Phi) is 6.86. The maximum absolute atomic E-state index is 12.6. The first-order chi connectivity index (χ1) is 14.9. The third-order valence-corrected chi connectivity index (χ3v) is 8.11. The number of sulfonamides is 1. The lowest BCUT2D eigenvalue weighted by Crippen LogP contribution is -2.40. The first-order valence-electron chi connectivity index (χ1n) is 10.7. The fraction of sp³-hybridized carbons (Fsp3) is 0.375. The van der Waals surface area contributed by atoms with Gasteiger partial charge in [-0.25, -0.2) is 18.1 Å². The van der Waals surface area contributed by atoms with Crippen molar-refractivity contribution in [3.63, 3.8) is 0 Å². The molecule has 7 heteroatoms. The zero-order chi connectivity index (χ0) is 21.8. The molecule has 0 radical (unpaired) electrons. The summed E-state index contributed by atoms with van der Waals surface area (Å²) in [6, 6.07) is 15.5. The van der Waals surface area contributed by atoms with Crippen molar-refractivity contribution >= 4 is 21.4 Å². The number of aryl methyl sites for hydroxylation is 2. The molecule has 1 aromatic heterocycles. The molecule has 0 aliphatic carbocycles. The van der Waals surface area contributed by atoms with E-state index in [-0.39, 0.29) is 0 Å². The van der Waals surface area contributed by atoms with Gasteiger partial charge in [-0.2, -0.15) is 0 Å². The normalized spacial score (nSPS) is 17.7. The average Bonchev–Trinajstić information content (AvgIpc) is 3.22. The van der Waals surface area contributed by atoms with Gasteiger partial charge in [0.05, 0.1) is 10.6 Å². The van der Waals surface area contributed by atoms with E-state index < -0.39 is 10.0 Å². The molecule has 1 fully saturated rings. The number of piperidine rings is 1. The molecule has 0 bridgehead atoms. The summed E-state index contributed by atoms with van der Waals surface area (Å²) in [4.78, 5) is 7.55. The third-order valence-electron chi connectivity index (χ3n) is 5.73. The van der Waals surface area contributed by atoms with Gasteiger partial charge in [-0.15, -0.1) is 11.3 Å². The second kappa shape index (κ2) is 9.61. The highest BCUT2D eigenvalue weighted by molar-refractivity contribution is 7.89. The van der Waals surface area contributed by atoms with Crippen molar-refractivity contribution in [1.29, 1.82) is 0 Å². The van der Waals surface area contributed by atoms with Crippen molar-refractivity contribution in [1.82, 2.24) is 14.6 Å². The molecule has 1 N–H and O–H groups in total. The summed E-state index contributed by atoms with van der Waals surface area (Å²) >= 11 is 1.68. The van der Waals surface area contributed by atoms with Crippen molar-refractivity contribution in [3.05, 3.63) is 70.7 Å². The van der Waals surface area contributed by atoms with Crippen LogP contribution in [0.4, 0.5) is 0 Å². The first kappa shape index (κ1) is 22.1. The molecule has 0 amide bonds. The fourth-order valence-electron chi connectivity index (χ4n) is 3.93. The summed E-state index contributed by atoms with van der Waals surface area (Å²) in [6.07, 6.45) is 2.12. The van der Waals surface area contributed by atoms with E-state index in [1.54, 1.807) is 23.5 Å². The molecule has 0 saturated carbocycles. The van der Waals surface area contributed by atoms with Crippen LogP contribution in [0.3, 0.4) is 0 Å². The fourth-order valence-corrected chi connectivity index (χ4v) is 5.86. The Balaban J connectivity index is 1.32. The van der Waals surface area contributed by atoms with E-state index >= 15 is 0 Å². The minimum absolute atomic E-state index is 0.309. The summed E-state index contributed by atoms with van der Waals surface area (Å²) in [7, 11) is -3.46. The number of benzene rings is 2. The molecule has 2 aromatic carbocycles. The first-order valence-corrected chi connectivity index (χ1v) is 13.1. The van der Waals surface area contributed by atoms with Crippen LogP contribution in [0.25, 0.3) is 10.6 Å². The summed E-state index contributed by atoms with van der Waals surface area (Å²) in [5.41, 5.74) is 4.54. The van der Waals surface area contributed by atoms with E-state index in [0.717, 1.165) is 54.3 Å². The molecule has 1 saturated heterocycles. The molecule has 3 aromatic rings. The molecular formula is C24H29N3O2S2. The molecule has 1 aliphatic rings. The Morgan fingerprint density at radius 3 is 2.45 bits per heavy atom. The summed E-state index contributed by atoms with van der Waals surface area (Å²) in [6.45, 7) is 7.23. The van der Waals surface area contributed by atoms with Gasteiger partial charge in [0.15, 0.2) is 0 Å².